The number of aliphatic hydroxyl groups is 1. The Bertz CT molecular complexity index is 2000. The van der Waals surface area contributed by atoms with Crippen molar-refractivity contribution in [1.29, 1.82) is 0 Å². The van der Waals surface area contributed by atoms with Crippen molar-refractivity contribution in [2.45, 2.75) is 30.7 Å². The summed E-state index contributed by atoms with van der Waals surface area (Å²) in [5.74, 6) is -3.36. The van der Waals surface area contributed by atoms with Gasteiger partial charge in [-0.05, 0) is 53.5 Å². The van der Waals surface area contributed by atoms with Crippen molar-refractivity contribution in [2.24, 2.45) is 23.7 Å². The van der Waals surface area contributed by atoms with Crippen LogP contribution in [-0.4, -0.2) is 46.6 Å². The van der Waals surface area contributed by atoms with E-state index in [0.717, 1.165) is 16.0 Å². The molecule has 8 heteroatoms. The van der Waals surface area contributed by atoms with Crippen molar-refractivity contribution in [1.82, 2.24) is 4.90 Å². The average molecular weight is 670 g/mol. The molecule has 4 aliphatic rings. The van der Waals surface area contributed by atoms with Gasteiger partial charge >= 0.3 is 0 Å². The molecule has 7 nitrogen and oxygen atoms in total. The van der Waals surface area contributed by atoms with Gasteiger partial charge in [-0.2, -0.15) is 0 Å². The van der Waals surface area contributed by atoms with Gasteiger partial charge in [-0.3, -0.25) is 24.1 Å². The van der Waals surface area contributed by atoms with Crippen LogP contribution < -0.4 is 4.74 Å². The van der Waals surface area contributed by atoms with Gasteiger partial charge in [-0.1, -0.05) is 96.6 Å². The third-order valence-electron chi connectivity index (χ3n) is 10.9. The lowest BCUT2D eigenvalue weighted by molar-refractivity contribution is -0.141. The maximum atomic E-state index is 15.2. The number of carbonyl (C=O) groups excluding carboxylic acids is 4. The van der Waals surface area contributed by atoms with E-state index in [1.54, 1.807) is 0 Å². The fraction of sp³-hybridized carbons (Fsp3) is 0.268. The normalized spacial score (nSPS) is 27.6. The zero-order chi connectivity index (χ0) is 33.7. The Hall–Kier alpha value is -4.92. The van der Waals surface area contributed by atoms with Crippen molar-refractivity contribution in [2.75, 3.05) is 13.2 Å². The van der Waals surface area contributed by atoms with E-state index in [4.69, 9.17) is 4.74 Å². The van der Waals surface area contributed by atoms with E-state index in [1.807, 2.05) is 102 Å². The molecule has 2 fully saturated rings. The number of nitrogens with zero attached hydrogens (tertiary/aromatic N) is 1. The van der Waals surface area contributed by atoms with Gasteiger partial charge in [0, 0.05) is 27.8 Å². The van der Waals surface area contributed by atoms with E-state index in [2.05, 4.69) is 6.08 Å². The third kappa shape index (κ3) is 4.88. The molecule has 0 spiro atoms. The molecule has 0 radical (unpaired) electrons. The summed E-state index contributed by atoms with van der Waals surface area (Å²) >= 11 is 1.51. The summed E-state index contributed by atoms with van der Waals surface area (Å²) in [6.45, 7) is 0.0768. The number of carbonyl (C=O) groups is 4. The second kappa shape index (κ2) is 12.5. The van der Waals surface area contributed by atoms with Crippen LogP contribution in [0.15, 0.2) is 120 Å². The number of para-hydroxylation sites is 1. The lowest BCUT2D eigenvalue weighted by Gasteiger charge is -2.55. The fourth-order valence-electron chi connectivity index (χ4n) is 9.00. The Kier molecular flexibility index (Phi) is 8.01. The minimum absolute atomic E-state index is 0.0499. The maximum Gasteiger partial charge on any atom is 0.234 e. The molecule has 4 aromatic rings. The summed E-state index contributed by atoms with van der Waals surface area (Å²) in [5.41, 5.74) is 2.01. The number of allylic oxidation sites excluding steroid dienone is 4. The molecule has 1 aliphatic heterocycles. The first-order valence-electron chi connectivity index (χ1n) is 16.8. The number of rotatable bonds is 8. The molecule has 1 aromatic heterocycles. The molecule has 0 bridgehead atoms. The molecule has 1 N–H and O–H groups in total. The van der Waals surface area contributed by atoms with Gasteiger partial charge in [0.2, 0.25) is 11.8 Å². The molecule has 0 unspecified atom stereocenters. The Morgan fingerprint density at radius 2 is 1.57 bits per heavy atom. The number of Topliss-reactive ketones (excluding diaryl/α,β-unsaturated/α-hetero) is 1. The SMILES string of the molecule is O=C1C(c2ccccc2)=CC(=O)[C@@]2(c3ccccc3)[C@@H](c3ccccc3OCCO)C3=CC[C@@H]4C(=O)N(Cc5cccs5)C(=O)[C@@H]4[C@@H]3C[C@@H]12. The van der Waals surface area contributed by atoms with Gasteiger partial charge in [0.1, 0.15) is 12.4 Å². The van der Waals surface area contributed by atoms with E-state index < -0.39 is 35.0 Å². The number of likely N-dealkylation sites (tertiary alicyclic amines) is 1. The van der Waals surface area contributed by atoms with Gasteiger partial charge in [0.25, 0.3) is 0 Å². The van der Waals surface area contributed by atoms with E-state index in [1.165, 1.54) is 22.3 Å². The zero-order valence-electron chi connectivity index (χ0n) is 26.7. The van der Waals surface area contributed by atoms with Crippen LogP contribution >= 0.6 is 11.3 Å². The average Bonchev–Trinajstić information content (AvgIpc) is 3.75. The summed E-state index contributed by atoms with van der Waals surface area (Å²) in [5, 5.41) is 11.6. The van der Waals surface area contributed by atoms with E-state index in [9.17, 15) is 14.7 Å². The van der Waals surface area contributed by atoms with Gasteiger partial charge in [-0.15, -0.1) is 11.3 Å². The van der Waals surface area contributed by atoms with Gasteiger partial charge < -0.3 is 9.84 Å². The highest BCUT2D eigenvalue weighted by Crippen LogP contribution is 2.64. The van der Waals surface area contributed by atoms with Crippen LogP contribution in [0.25, 0.3) is 5.57 Å². The first kappa shape index (κ1) is 31.4. The highest BCUT2D eigenvalue weighted by Gasteiger charge is 2.66. The summed E-state index contributed by atoms with van der Waals surface area (Å²) in [7, 11) is 0. The molecular weight excluding hydrogens is 635 g/mol. The number of fused-ring (bicyclic) bond motifs is 4. The predicted octanol–water partition coefficient (Wildman–Crippen LogP) is 6.14. The molecule has 1 saturated carbocycles. The molecule has 2 amide bonds. The summed E-state index contributed by atoms with van der Waals surface area (Å²) in [6, 6.07) is 30.1. The van der Waals surface area contributed by atoms with Crippen LogP contribution in [0, 0.1) is 23.7 Å². The van der Waals surface area contributed by atoms with Crippen LogP contribution in [0.1, 0.15) is 40.3 Å². The number of hydrogen-bond acceptors (Lipinski definition) is 7. The Labute approximate surface area is 288 Å². The topological polar surface area (TPSA) is 101 Å². The van der Waals surface area contributed by atoms with E-state index >= 15 is 9.59 Å². The molecule has 3 aromatic carbocycles. The van der Waals surface area contributed by atoms with Crippen LogP contribution in [0.2, 0.25) is 0 Å². The van der Waals surface area contributed by atoms with Crippen molar-refractivity contribution >= 4 is 40.3 Å². The van der Waals surface area contributed by atoms with Crippen molar-refractivity contribution in [3.63, 3.8) is 0 Å². The smallest absolute Gasteiger partial charge is 0.234 e. The van der Waals surface area contributed by atoms with Crippen LogP contribution in [-0.2, 0) is 31.1 Å². The van der Waals surface area contributed by atoms with Crippen molar-refractivity contribution < 1.29 is 29.0 Å². The number of ether oxygens (including phenoxy) is 1. The molecule has 246 valence electrons. The highest BCUT2D eigenvalue weighted by molar-refractivity contribution is 7.09. The molecule has 1 saturated heterocycles. The van der Waals surface area contributed by atoms with Gasteiger partial charge in [-0.25, -0.2) is 0 Å². The van der Waals surface area contributed by atoms with Crippen LogP contribution in [0.5, 0.6) is 5.75 Å². The van der Waals surface area contributed by atoms with Gasteiger partial charge in [0.15, 0.2) is 11.6 Å². The standard InChI is InChI=1S/C41H35NO6S/c43-19-20-48-34-16-8-7-15-29(34)37-28-17-18-30-36(40(47)42(39(30)46)24-27-14-9-21-49-27)32(28)22-33-38(45)31(25-10-3-1-4-11-25)23-35(44)41(33,37)26-12-5-2-6-13-26/h1-17,21,23,30,32-33,36-37,43H,18-20,22,24H2/t30-,32+,33-,36-,37+,41-/m0/s1. The number of hydrogen-bond donors (Lipinski definition) is 1. The number of amides is 2. The fourth-order valence-corrected chi connectivity index (χ4v) is 9.70. The minimum Gasteiger partial charge on any atom is -0.491 e. The largest absolute Gasteiger partial charge is 0.491 e. The Balaban J connectivity index is 1.35. The third-order valence-corrected chi connectivity index (χ3v) is 11.8. The number of aliphatic hydroxyl groups excluding tert-OH is 1. The molecule has 8 rings (SSSR count). The molecule has 2 heterocycles. The van der Waals surface area contributed by atoms with Gasteiger partial charge in [0.05, 0.1) is 30.4 Å². The molecule has 6 atom stereocenters. The maximum absolute atomic E-state index is 15.2. The quantitative estimate of drug-likeness (QED) is 0.179. The lowest BCUT2D eigenvalue weighted by atomic mass is 9.44. The monoisotopic (exact) mass is 669 g/mol. The van der Waals surface area contributed by atoms with Crippen LogP contribution in [0.3, 0.4) is 0 Å². The predicted molar refractivity (Wildman–Crippen MR) is 185 cm³/mol. The molecular formula is C41H35NO6S. The number of benzene rings is 3. The Morgan fingerprint density at radius 3 is 2.31 bits per heavy atom. The second-order valence-corrected chi connectivity index (χ2v) is 14.3. The summed E-state index contributed by atoms with van der Waals surface area (Å²) in [6.07, 6.45) is 4.19. The first-order chi connectivity index (χ1) is 23.9. The molecule has 3 aliphatic carbocycles. The van der Waals surface area contributed by atoms with Crippen molar-refractivity contribution in [3.8, 4) is 5.75 Å². The number of ketones is 2. The Morgan fingerprint density at radius 1 is 0.837 bits per heavy atom. The number of imide groups is 1. The second-order valence-electron chi connectivity index (χ2n) is 13.2. The van der Waals surface area contributed by atoms with E-state index in [0.29, 0.717) is 28.9 Å². The van der Waals surface area contributed by atoms with E-state index in [-0.39, 0.29) is 49.6 Å². The molecule has 49 heavy (non-hydrogen) atoms. The lowest BCUT2D eigenvalue weighted by Crippen LogP contribution is -2.58. The zero-order valence-corrected chi connectivity index (χ0v) is 27.6. The first-order valence-corrected chi connectivity index (χ1v) is 17.6. The minimum atomic E-state index is -1.34. The summed E-state index contributed by atoms with van der Waals surface area (Å²) in [4.78, 5) is 60.8. The summed E-state index contributed by atoms with van der Waals surface area (Å²) < 4.78 is 6.12. The highest BCUT2D eigenvalue weighted by atomic mass is 32.1. The van der Waals surface area contributed by atoms with Crippen molar-refractivity contribution in [3.05, 3.63) is 142 Å². The number of thiophene rings is 1. The van der Waals surface area contributed by atoms with Crippen LogP contribution in [0.4, 0.5) is 0 Å².